The topological polar surface area (TPSA) is 48.5 Å². The zero-order valence-corrected chi connectivity index (χ0v) is 18.1. The van der Waals surface area contributed by atoms with E-state index >= 15 is 0 Å². The molecule has 152 valence electrons. The minimum Gasteiger partial charge on any atom is -0.331 e. The molecular weight excluding hydrogens is 348 g/mol. The molecule has 0 bridgehead atoms. The normalized spacial score (nSPS) is 12.7. The standard InChI is InChI=1S/C23H34N4O/c1-18(20-9-11-21(12-10-20)23(2,3)4)25-22(28)27(15-14-26(5)6)17-19-8-7-13-24-16-19/h7-13,16,18H,14-15,17H2,1-6H3,(H,25,28). The van der Waals surface area contributed by atoms with Crippen LogP contribution in [0.1, 0.15) is 50.4 Å². The Hall–Kier alpha value is -2.40. The van der Waals surface area contributed by atoms with E-state index in [1.807, 2.05) is 44.2 Å². The maximum atomic E-state index is 12.9. The molecule has 0 spiro atoms. The molecule has 0 saturated carbocycles. The molecule has 0 aliphatic heterocycles. The van der Waals surface area contributed by atoms with Crippen LogP contribution in [0.25, 0.3) is 0 Å². The van der Waals surface area contributed by atoms with Crippen molar-refractivity contribution in [3.63, 3.8) is 0 Å². The van der Waals surface area contributed by atoms with Crippen LogP contribution in [-0.2, 0) is 12.0 Å². The lowest BCUT2D eigenvalue weighted by molar-refractivity contribution is 0.185. The van der Waals surface area contributed by atoms with Crippen molar-refractivity contribution in [2.45, 2.75) is 45.7 Å². The molecule has 0 radical (unpaired) electrons. The van der Waals surface area contributed by atoms with Gasteiger partial charge in [-0.05, 0) is 49.2 Å². The minimum absolute atomic E-state index is 0.0573. The first-order chi connectivity index (χ1) is 13.2. The molecule has 0 saturated heterocycles. The summed E-state index contributed by atoms with van der Waals surface area (Å²) in [5.41, 5.74) is 3.55. The zero-order valence-electron chi connectivity index (χ0n) is 18.1. The Labute approximate surface area is 169 Å². The van der Waals surface area contributed by atoms with E-state index in [4.69, 9.17) is 0 Å². The van der Waals surface area contributed by atoms with E-state index < -0.39 is 0 Å². The summed E-state index contributed by atoms with van der Waals surface area (Å²) in [4.78, 5) is 21.0. The molecule has 1 aromatic heterocycles. The number of nitrogens with zero attached hydrogens (tertiary/aromatic N) is 3. The number of benzene rings is 1. The molecule has 2 rings (SSSR count). The Bertz CT molecular complexity index is 735. The molecule has 1 N–H and O–H groups in total. The number of likely N-dealkylation sites (N-methyl/N-ethyl adjacent to an activating group) is 1. The second-order valence-electron chi connectivity index (χ2n) is 8.63. The molecule has 5 nitrogen and oxygen atoms in total. The summed E-state index contributed by atoms with van der Waals surface area (Å²) < 4.78 is 0. The first-order valence-corrected chi connectivity index (χ1v) is 9.86. The van der Waals surface area contributed by atoms with Gasteiger partial charge in [0.15, 0.2) is 0 Å². The van der Waals surface area contributed by atoms with E-state index in [0.717, 1.165) is 17.7 Å². The second kappa shape index (κ2) is 9.69. The van der Waals surface area contributed by atoms with Gasteiger partial charge in [-0.25, -0.2) is 4.79 Å². The third kappa shape index (κ3) is 6.64. The summed E-state index contributed by atoms with van der Waals surface area (Å²) in [7, 11) is 4.03. The van der Waals surface area contributed by atoms with Crippen LogP contribution in [-0.4, -0.2) is 48.0 Å². The molecule has 2 aromatic rings. The number of carbonyl (C=O) groups is 1. The average Bonchev–Trinajstić information content (AvgIpc) is 2.65. The number of rotatable bonds is 7. The Morgan fingerprint density at radius 3 is 2.32 bits per heavy atom. The number of hydrogen-bond acceptors (Lipinski definition) is 3. The third-order valence-corrected chi connectivity index (χ3v) is 4.82. The van der Waals surface area contributed by atoms with Crippen molar-refractivity contribution in [1.29, 1.82) is 0 Å². The number of hydrogen-bond donors (Lipinski definition) is 1. The van der Waals surface area contributed by atoms with Gasteiger partial charge in [0.25, 0.3) is 0 Å². The van der Waals surface area contributed by atoms with Gasteiger partial charge in [0, 0.05) is 32.0 Å². The van der Waals surface area contributed by atoms with E-state index in [2.05, 4.69) is 60.2 Å². The summed E-state index contributed by atoms with van der Waals surface area (Å²) in [5.74, 6) is 0. The highest BCUT2D eigenvalue weighted by Crippen LogP contribution is 2.24. The Morgan fingerprint density at radius 1 is 1.11 bits per heavy atom. The third-order valence-electron chi connectivity index (χ3n) is 4.82. The van der Waals surface area contributed by atoms with Gasteiger partial charge >= 0.3 is 6.03 Å². The maximum absolute atomic E-state index is 12.9. The van der Waals surface area contributed by atoms with Crippen LogP contribution < -0.4 is 5.32 Å². The molecule has 0 aliphatic rings. The van der Waals surface area contributed by atoms with Gasteiger partial charge in [0.05, 0.1) is 6.04 Å². The van der Waals surface area contributed by atoms with Crippen molar-refractivity contribution in [3.05, 3.63) is 65.5 Å². The van der Waals surface area contributed by atoms with E-state index in [0.29, 0.717) is 13.1 Å². The predicted molar refractivity (Wildman–Crippen MR) is 115 cm³/mol. The van der Waals surface area contributed by atoms with Gasteiger partial charge in [-0.15, -0.1) is 0 Å². The van der Waals surface area contributed by atoms with Crippen LogP contribution in [0.2, 0.25) is 0 Å². The van der Waals surface area contributed by atoms with Crippen LogP contribution in [0.4, 0.5) is 4.79 Å². The SMILES string of the molecule is CC(NC(=O)N(CCN(C)C)Cc1cccnc1)c1ccc(C(C)(C)C)cc1. The Balaban J connectivity index is 2.06. The highest BCUT2D eigenvalue weighted by molar-refractivity contribution is 5.74. The van der Waals surface area contributed by atoms with Gasteiger partial charge in [0.2, 0.25) is 0 Å². The van der Waals surface area contributed by atoms with Crippen LogP contribution in [0, 0.1) is 0 Å². The molecule has 0 fully saturated rings. The van der Waals surface area contributed by atoms with Crippen LogP contribution >= 0.6 is 0 Å². The van der Waals surface area contributed by atoms with Crippen molar-refractivity contribution in [2.75, 3.05) is 27.2 Å². The number of carbonyl (C=O) groups excluding carboxylic acids is 1. The van der Waals surface area contributed by atoms with Gasteiger partial charge in [-0.1, -0.05) is 51.1 Å². The largest absolute Gasteiger partial charge is 0.331 e. The van der Waals surface area contributed by atoms with Crippen LogP contribution in [0.15, 0.2) is 48.8 Å². The molecular formula is C23H34N4O. The van der Waals surface area contributed by atoms with Gasteiger partial charge in [-0.2, -0.15) is 0 Å². The molecule has 1 heterocycles. The minimum atomic E-state index is -0.0581. The van der Waals surface area contributed by atoms with Crippen LogP contribution in [0.3, 0.4) is 0 Å². The molecule has 2 amide bonds. The van der Waals surface area contributed by atoms with Crippen molar-refractivity contribution >= 4 is 6.03 Å². The summed E-state index contributed by atoms with van der Waals surface area (Å²) in [5, 5.41) is 3.15. The fourth-order valence-corrected chi connectivity index (χ4v) is 2.92. The first-order valence-electron chi connectivity index (χ1n) is 9.86. The Kier molecular flexibility index (Phi) is 7.58. The number of amides is 2. The molecule has 1 aromatic carbocycles. The number of pyridine rings is 1. The quantitative estimate of drug-likeness (QED) is 0.780. The molecule has 0 aliphatic carbocycles. The highest BCUT2D eigenvalue weighted by atomic mass is 16.2. The zero-order chi connectivity index (χ0) is 20.7. The summed E-state index contributed by atoms with van der Waals surface area (Å²) in [6, 6.07) is 12.3. The number of urea groups is 1. The fourth-order valence-electron chi connectivity index (χ4n) is 2.92. The van der Waals surface area contributed by atoms with Gasteiger partial charge in [-0.3, -0.25) is 4.98 Å². The van der Waals surface area contributed by atoms with E-state index in [-0.39, 0.29) is 17.5 Å². The molecule has 28 heavy (non-hydrogen) atoms. The van der Waals surface area contributed by atoms with Crippen molar-refractivity contribution in [1.82, 2.24) is 20.1 Å². The maximum Gasteiger partial charge on any atom is 0.318 e. The highest BCUT2D eigenvalue weighted by Gasteiger charge is 2.18. The molecule has 1 unspecified atom stereocenters. The number of nitrogens with one attached hydrogen (secondary N) is 1. The summed E-state index contributed by atoms with van der Waals surface area (Å²) in [6.45, 7) is 10.6. The van der Waals surface area contributed by atoms with E-state index in [1.54, 1.807) is 6.20 Å². The van der Waals surface area contributed by atoms with Crippen molar-refractivity contribution in [2.24, 2.45) is 0 Å². The van der Waals surface area contributed by atoms with E-state index in [9.17, 15) is 4.79 Å². The summed E-state index contributed by atoms with van der Waals surface area (Å²) >= 11 is 0. The van der Waals surface area contributed by atoms with Crippen molar-refractivity contribution < 1.29 is 4.79 Å². The average molecular weight is 383 g/mol. The van der Waals surface area contributed by atoms with Crippen molar-refractivity contribution in [3.8, 4) is 0 Å². The lowest BCUT2D eigenvalue weighted by Gasteiger charge is -2.27. The van der Waals surface area contributed by atoms with E-state index in [1.165, 1.54) is 5.56 Å². The second-order valence-corrected chi connectivity index (χ2v) is 8.63. The molecule has 5 heteroatoms. The lowest BCUT2D eigenvalue weighted by Crippen LogP contribution is -2.43. The van der Waals surface area contributed by atoms with Gasteiger partial charge in [0.1, 0.15) is 0 Å². The number of aromatic nitrogens is 1. The fraction of sp³-hybridized carbons (Fsp3) is 0.478. The smallest absolute Gasteiger partial charge is 0.318 e. The van der Waals surface area contributed by atoms with Crippen LogP contribution in [0.5, 0.6) is 0 Å². The molecule has 1 atom stereocenters. The van der Waals surface area contributed by atoms with Gasteiger partial charge < -0.3 is 15.1 Å². The summed E-state index contributed by atoms with van der Waals surface area (Å²) in [6.07, 6.45) is 3.56. The lowest BCUT2D eigenvalue weighted by atomic mass is 9.86. The monoisotopic (exact) mass is 382 g/mol. The predicted octanol–water partition coefficient (Wildman–Crippen LogP) is 4.21. The first kappa shape index (κ1) is 21.9. The Morgan fingerprint density at radius 2 is 1.79 bits per heavy atom.